The van der Waals surface area contributed by atoms with Gasteiger partial charge in [-0.1, -0.05) is 63.3 Å². The van der Waals surface area contributed by atoms with Crippen LogP contribution in [0.15, 0.2) is 47.4 Å². The predicted molar refractivity (Wildman–Crippen MR) is 99.3 cm³/mol. The van der Waals surface area contributed by atoms with Gasteiger partial charge in [0.15, 0.2) is 5.75 Å². The van der Waals surface area contributed by atoms with Crippen LogP contribution in [0.5, 0.6) is 17.2 Å². The number of benzene rings is 2. The van der Waals surface area contributed by atoms with Crippen molar-refractivity contribution in [2.24, 2.45) is 0 Å². The Bertz CT molecular complexity index is 807. The van der Waals surface area contributed by atoms with E-state index in [2.05, 4.69) is 6.92 Å². The molecule has 0 atom stereocenters. The Hall–Kier alpha value is -0.414. The first-order valence-corrected chi connectivity index (χ1v) is 10.4. The summed E-state index contributed by atoms with van der Waals surface area (Å²) in [4.78, 5) is -0.477. The monoisotopic (exact) mass is 416 g/mol. The van der Waals surface area contributed by atoms with Crippen molar-refractivity contribution in [3.63, 3.8) is 0 Å². The van der Waals surface area contributed by atoms with E-state index < -0.39 is 20.8 Å². The Morgan fingerprint density at radius 3 is 2.26 bits per heavy atom. The Morgan fingerprint density at radius 1 is 1.00 bits per heavy atom. The maximum atomic E-state index is 11.9. The summed E-state index contributed by atoms with van der Waals surface area (Å²) >= 11 is 0. The number of unbranched alkanes of at least 4 members (excludes halogenated alkanes) is 5. The molecule has 0 aliphatic rings. The summed E-state index contributed by atoms with van der Waals surface area (Å²) in [5.74, 6) is 0.0196. The molecule has 0 radical (unpaired) electrons. The fourth-order valence-corrected chi connectivity index (χ4v) is 3.50. The molecule has 5 nitrogen and oxygen atoms in total. The summed E-state index contributed by atoms with van der Waals surface area (Å²) in [7, 11) is -4.57. The second-order valence-corrected chi connectivity index (χ2v) is 7.71. The van der Waals surface area contributed by atoms with Gasteiger partial charge in [-0.05, 0) is 36.6 Å². The summed E-state index contributed by atoms with van der Waals surface area (Å²) in [5.41, 5.74) is 0.504. The normalized spacial score (nSPS) is 11.0. The van der Waals surface area contributed by atoms with Crippen LogP contribution in [0.4, 0.5) is 0 Å². The van der Waals surface area contributed by atoms with E-state index in [1.165, 1.54) is 25.3 Å². The number of hydrogen-bond donors (Lipinski definition) is 1. The summed E-state index contributed by atoms with van der Waals surface area (Å²) in [5, 5.41) is 11.9. The second-order valence-electron chi connectivity index (χ2n) is 6.32. The van der Waals surface area contributed by atoms with E-state index in [1.54, 1.807) is 24.3 Å². The third-order valence-corrected chi connectivity index (χ3v) is 5.01. The van der Waals surface area contributed by atoms with Crippen molar-refractivity contribution in [1.29, 1.82) is 0 Å². The van der Waals surface area contributed by atoms with Gasteiger partial charge in [-0.25, -0.2) is 0 Å². The van der Waals surface area contributed by atoms with Crippen molar-refractivity contribution >= 4 is 10.1 Å². The number of hydrogen-bond acceptors (Lipinski definition) is 4. The minimum absolute atomic E-state index is 0. The zero-order valence-corrected chi connectivity index (χ0v) is 19.9. The predicted octanol–water partition coefficient (Wildman–Crippen LogP) is 1.71. The van der Waals surface area contributed by atoms with E-state index in [4.69, 9.17) is 4.74 Å². The van der Waals surface area contributed by atoms with Crippen molar-refractivity contribution in [2.45, 2.75) is 56.8 Å². The van der Waals surface area contributed by atoms with E-state index in [9.17, 15) is 18.1 Å². The molecule has 2 aromatic rings. The van der Waals surface area contributed by atoms with E-state index in [1.807, 2.05) is 6.07 Å². The van der Waals surface area contributed by atoms with Gasteiger partial charge in [0.2, 0.25) is 0 Å². The Balaban J connectivity index is 0.00000364. The van der Waals surface area contributed by atoms with Gasteiger partial charge in [0.1, 0.15) is 10.6 Å². The third kappa shape index (κ3) is 8.23. The minimum Gasteiger partial charge on any atom is -0.872 e. The molecule has 0 aliphatic heterocycles. The number of aryl methyl sites for hydroxylation is 1. The Morgan fingerprint density at radius 2 is 1.63 bits per heavy atom. The molecule has 0 unspecified atom stereocenters. The molecule has 0 saturated heterocycles. The van der Waals surface area contributed by atoms with Crippen LogP contribution in [-0.2, 0) is 16.5 Å². The van der Waals surface area contributed by atoms with Gasteiger partial charge in [0, 0.05) is 0 Å². The van der Waals surface area contributed by atoms with Gasteiger partial charge >= 0.3 is 51.4 Å². The first kappa shape index (κ1) is 24.6. The van der Waals surface area contributed by atoms with Gasteiger partial charge in [-0.3, -0.25) is 4.55 Å². The molecule has 0 bridgehead atoms. The molecule has 0 aromatic heterocycles. The molecule has 142 valence electrons. The summed E-state index contributed by atoms with van der Waals surface area (Å²) in [6.45, 7) is 2.16. The maximum Gasteiger partial charge on any atom is 1.00 e. The summed E-state index contributed by atoms with van der Waals surface area (Å²) < 4.78 is 38.7. The molecule has 0 saturated carbocycles. The van der Waals surface area contributed by atoms with Crippen molar-refractivity contribution in [3.05, 3.63) is 48.0 Å². The van der Waals surface area contributed by atoms with Crippen molar-refractivity contribution in [3.8, 4) is 17.2 Å². The van der Waals surface area contributed by atoms with Gasteiger partial charge in [-0.2, -0.15) is 8.42 Å². The molecular formula is C20H25KO5S. The first-order valence-electron chi connectivity index (χ1n) is 8.96. The molecule has 7 heteroatoms. The molecule has 0 heterocycles. The fourth-order valence-electron chi connectivity index (χ4n) is 2.83. The number of para-hydroxylation sites is 1. The van der Waals surface area contributed by atoms with Crippen LogP contribution in [0, 0.1) is 0 Å². The molecule has 1 N–H and O–H groups in total. The summed E-state index contributed by atoms with van der Waals surface area (Å²) in [6, 6.07) is 11.0. The number of ether oxygens (including phenoxy) is 1. The van der Waals surface area contributed by atoms with Crippen LogP contribution in [0.3, 0.4) is 0 Å². The van der Waals surface area contributed by atoms with Crippen LogP contribution in [-0.4, -0.2) is 13.0 Å². The van der Waals surface area contributed by atoms with Crippen LogP contribution >= 0.6 is 0 Å². The zero-order valence-electron chi connectivity index (χ0n) is 16.0. The molecule has 0 aliphatic carbocycles. The first-order chi connectivity index (χ1) is 12.4. The molecule has 2 aromatic carbocycles. The van der Waals surface area contributed by atoms with E-state index in [-0.39, 0.29) is 57.1 Å². The van der Waals surface area contributed by atoms with Gasteiger partial charge < -0.3 is 9.84 Å². The minimum atomic E-state index is -4.57. The Labute approximate surface area is 204 Å². The smallest absolute Gasteiger partial charge is 0.872 e. The molecule has 0 fully saturated rings. The Kier molecular flexibility index (Phi) is 11.1. The van der Waals surface area contributed by atoms with Crippen molar-refractivity contribution in [1.82, 2.24) is 0 Å². The molecule has 27 heavy (non-hydrogen) atoms. The quantitative estimate of drug-likeness (QED) is 0.362. The molecule has 0 spiro atoms. The topological polar surface area (TPSA) is 86.7 Å². The van der Waals surface area contributed by atoms with E-state index in [0.717, 1.165) is 25.3 Å². The van der Waals surface area contributed by atoms with Gasteiger partial charge in [0.25, 0.3) is 10.1 Å². The van der Waals surface area contributed by atoms with Crippen molar-refractivity contribution in [2.75, 3.05) is 0 Å². The average Bonchev–Trinajstić information content (AvgIpc) is 2.59. The van der Waals surface area contributed by atoms with E-state index in [0.29, 0.717) is 17.7 Å². The SMILES string of the molecule is CCCCCCCCc1cc([O-])cc(S(=O)(=O)O)c1Oc1ccccc1.[K+]. The second kappa shape index (κ2) is 12.2. The number of rotatable bonds is 10. The largest absolute Gasteiger partial charge is 1.00 e. The van der Waals surface area contributed by atoms with Crippen LogP contribution in [0.1, 0.15) is 51.0 Å². The van der Waals surface area contributed by atoms with Crippen LogP contribution in [0.2, 0.25) is 0 Å². The molecule has 2 rings (SSSR count). The molecular weight excluding hydrogens is 391 g/mol. The molecule has 0 amide bonds. The maximum absolute atomic E-state index is 11.9. The van der Waals surface area contributed by atoms with Crippen molar-refractivity contribution < 1.29 is 74.2 Å². The van der Waals surface area contributed by atoms with Crippen LogP contribution in [0.25, 0.3) is 0 Å². The summed E-state index contributed by atoms with van der Waals surface area (Å²) in [6.07, 6.45) is 6.98. The standard InChI is InChI=1S/C20H26O5S.K/c1-2-3-4-5-6-8-11-16-14-17(21)15-19(26(22,23)24)20(16)25-18-12-9-7-10-13-18;/h7,9-10,12-15,21H,2-6,8,11H2,1H3,(H,22,23,24);/q;+1/p-1. The fraction of sp³-hybridized carbons (Fsp3) is 0.400. The zero-order chi connectivity index (χ0) is 19.0. The third-order valence-electron chi connectivity index (χ3n) is 4.15. The van der Waals surface area contributed by atoms with Gasteiger partial charge in [0.05, 0.1) is 0 Å². The van der Waals surface area contributed by atoms with E-state index >= 15 is 0 Å². The van der Waals surface area contributed by atoms with Crippen LogP contribution < -0.4 is 61.2 Å². The average molecular weight is 417 g/mol. The van der Waals surface area contributed by atoms with Gasteiger partial charge in [-0.15, -0.1) is 5.75 Å².